The SMILES string of the molecule is CC1(Nc2nccc(N)n2)CCOC1. The number of nitrogens with two attached hydrogens (primary N) is 1. The third-order valence-corrected chi connectivity index (χ3v) is 2.31. The summed E-state index contributed by atoms with van der Waals surface area (Å²) in [6.45, 7) is 3.56. The number of nitrogen functional groups attached to an aromatic ring is 1. The maximum absolute atomic E-state index is 5.55. The van der Waals surface area contributed by atoms with Gasteiger partial charge in [0.1, 0.15) is 5.82 Å². The number of nitrogens with zero attached hydrogens (tertiary/aromatic N) is 2. The van der Waals surface area contributed by atoms with E-state index < -0.39 is 0 Å². The third kappa shape index (κ3) is 1.93. The predicted octanol–water partition coefficient (Wildman–Crippen LogP) is 0.650. The summed E-state index contributed by atoms with van der Waals surface area (Å²) < 4.78 is 5.31. The van der Waals surface area contributed by atoms with Gasteiger partial charge in [0.25, 0.3) is 0 Å². The van der Waals surface area contributed by atoms with Crippen LogP contribution in [0.25, 0.3) is 0 Å². The lowest BCUT2D eigenvalue weighted by Crippen LogP contribution is -2.35. The first-order valence-corrected chi connectivity index (χ1v) is 4.62. The number of rotatable bonds is 2. The Kier molecular flexibility index (Phi) is 2.25. The molecular formula is C9H14N4O. The van der Waals surface area contributed by atoms with Crippen molar-refractivity contribution in [3.05, 3.63) is 12.3 Å². The Bertz CT molecular complexity index is 322. The zero-order chi connectivity index (χ0) is 10.0. The molecule has 1 aromatic rings. The van der Waals surface area contributed by atoms with E-state index in [0.29, 0.717) is 18.4 Å². The van der Waals surface area contributed by atoms with Crippen molar-refractivity contribution in [2.75, 3.05) is 24.3 Å². The molecule has 2 rings (SSSR count). The maximum Gasteiger partial charge on any atom is 0.225 e. The van der Waals surface area contributed by atoms with Crippen molar-refractivity contribution in [2.24, 2.45) is 0 Å². The molecule has 3 N–H and O–H groups in total. The third-order valence-electron chi connectivity index (χ3n) is 2.31. The molecule has 0 aromatic carbocycles. The summed E-state index contributed by atoms with van der Waals surface area (Å²) in [7, 11) is 0. The Morgan fingerprint density at radius 3 is 3.14 bits per heavy atom. The quantitative estimate of drug-likeness (QED) is 0.723. The molecule has 0 amide bonds. The van der Waals surface area contributed by atoms with Crippen LogP contribution in [0.5, 0.6) is 0 Å². The number of anilines is 2. The molecule has 1 aromatic heterocycles. The van der Waals surface area contributed by atoms with E-state index in [-0.39, 0.29) is 5.54 Å². The second-order valence-electron chi connectivity index (χ2n) is 3.79. The van der Waals surface area contributed by atoms with Gasteiger partial charge in [0.2, 0.25) is 5.95 Å². The highest BCUT2D eigenvalue weighted by atomic mass is 16.5. The van der Waals surface area contributed by atoms with Crippen LogP contribution in [-0.2, 0) is 4.74 Å². The zero-order valence-electron chi connectivity index (χ0n) is 8.16. The van der Waals surface area contributed by atoms with Gasteiger partial charge in [-0.25, -0.2) is 4.98 Å². The molecule has 14 heavy (non-hydrogen) atoms. The van der Waals surface area contributed by atoms with Gasteiger partial charge in [-0.2, -0.15) is 4.98 Å². The van der Waals surface area contributed by atoms with Crippen LogP contribution in [0.2, 0.25) is 0 Å². The van der Waals surface area contributed by atoms with E-state index in [4.69, 9.17) is 10.5 Å². The summed E-state index contributed by atoms with van der Waals surface area (Å²) in [6, 6.07) is 1.67. The highest BCUT2D eigenvalue weighted by Gasteiger charge is 2.30. The molecule has 0 radical (unpaired) electrons. The number of nitrogens with one attached hydrogen (secondary N) is 1. The number of hydrogen-bond acceptors (Lipinski definition) is 5. The van der Waals surface area contributed by atoms with E-state index in [1.54, 1.807) is 12.3 Å². The van der Waals surface area contributed by atoms with Crippen LogP contribution in [-0.4, -0.2) is 28.7 Å². The van der Waals surface area contributed by atoms with Crippen LogP contribution in [0.4, 0.5) is 11.8 Å². The molecule has 1 saturated heterocycles. The van der Waals surface area contributed by atoms with Gasteiger partial charge in [0, 0.05) is 12.8 Å². The summed E-state index contributed by atoms with van der Waals surface area (Å²) in [5, 5.41) is 3.23. The summed E-state index contributed by atoms with van der Waals surface area (Å²) in [5.41, 5.74) is 5.49. The molecule has 5 nitrogen and oxygen atoms in total. The fourth-order valence-electron chi connectivity index (χ4n) is 1.47. The smallest absolute Gasteiger partial charge is 0.225 e. The Morgan fingerprint density at radius 1 is 1.64 bits per heavy atom. The summed E-state index contributed by atoms with van der Waals surface area (Å²) >= 11 is 0. The van der Waals surface area contributed by atoms with Crippen LogP contribution >= 0.6 is 0 Å². The molecule has 1 fully saturated rings. The minimum atomic E-state index is -0.0617. The molecule has 0 saturated carbocycles. The first kappa shape index (κ1) is 9.21. The number of ether oxygens (including phenoxy) is 1. The standard InChI is InChI=1S/C9H14N4O/c1-9(3-5-14-6-9)13-8-11-4-2-7(10)12-8/h2,4H,3,5-6H2,1H3,(H3,10,11,12,13). The molecule has 0 spiro atoms. The van der Waals surface area contributed by atoms with E-state index in [1.165, 1.54) is 0 Å². The molecular weight excluding hydrogens is 180 g/mol. The molecule has 1 aliphatic rings. The minimum absolute atomic E-state index is 0.0617. The molecule has 1 atom stereocenters. The van der Waals surface area contributed by atoms with Gasteiger partial charge in [-0.15, -0.1) is 0 Å². The Hall–Kier alpha value is -1.36. The molecule has 0 aliphatic carbocycles. The molecule has 2 heterocycles. The second-order valence-corrected chi connectivity index (χ2v) is 3.79. The van der Waals surface area contributed by atoms with Crippen molar-refractivity contribution in [3.8, 4) is 0 Å². The highest BCUT2D eigenvalue weighted by Crippen LogP contribution is 2.21. The van der Waals surface area contributed by atoms with Gasteiger partial charge in [0.15, 0.2) is 0 Å². The summed E-state index contributed by atoms with van der Waals surface area (Å²) in [4.78, 5) is 8.17. The molecule has 1 aliphatic heterocycles. The van der Waals surface area contributed by atoms with Crippen LogP contribution in [0.1, 0.15) is 13.3 Å². The van der Waals surface area contributed by atoms with E-state index in [0.717, 1.165) is 13.0 Å². The van der Waals surface area contributed by atoms with Crippen molar-refractivity contribution in [1.29, 1.82) is 0 Å². The zero-order valence-corrected chi connectivity index (χ0v) is 8.16. The largest absolute Gasteiger partial charge is 0.384 e. The lowest BCUT2D eigenvalue weighted by molar-refractivity contribution is 0.185. The van der Waals surface area contributed by atoms with Gasteiger partial charge < -0.3 is 15.8 Å². The van der Waals surface area contributed by atoms with Gasteiger partial charge in [-0.1, -0.05) is 0 Å². The van der Waals surface area contributed by atoms with Crippen LogP contribution in [0, 0.1) is 0 Å². The van der Waals surface area contributed by atoms with Gasteiger partial charge in [-0.3, -0.25) is 0 Å². The normalized spacial score (nSPS) is 26.4. The van der Waals surface area contributed by atoms with Crippen molar-refractivity contribution in [3.63, 3.8) is 0 Å². The summed E-state index contributed by atoms with van der Waals surface area (Å²) in [5.74, 6) is 1.04. The van der Waals surface area contributed by atoms with E-state index in [1.807, 2.05) is 0 Å². The maximum atomic E-state index is 5.55. The average molecular weight is 194 g/mol. The fourth-order valence-corrected chi connectivity index (χ4v) is 1.47. The lowest BCUT2D eigenvalue weighted by atomic mass is 10.0. The van der Waals surface area contributed by atoms with E-state index in [2.05, 4.69) is 22.2 Å². The molecule has 76 valence electrons. The Labute approximate surface area is 82.7 Å². The van der Waals surface area contributed by atoms with Crippen molar-refractivity contribution < 1.29 is 4.74 Å². The fraction of sp³-hybridized carbons (Fsp3) is 0.556. The number of aromatic nitrogens is 2. The number of hydrogen-bond donors (Lipinski definition) is 2. The topological polar surface area (TPSA) is 73.1 Å². The second kappa shape index (κ2) is 3.42. The van der Waals surface area contributed by atoms with Crippen LogP contribution in [0.3, 0.4) is 0 Å². The van der Waals surface area contributed by atoms with Crippen LogP contribution < -0.4 is 11.1 Å². The van der Waals surface area contributed by atoms with Crippen molar-refractivity contribution in [1.82, 2.24) is 9.97 Å². The minimum Gasteiger partial charge on any atom is -0.384 e. The predicted molar refractivity (Wildman–Crippen MR) is 53.9 cm³/mol. The highest BCUT2D eigenvalue weighted by molar-refractivity contribution is 5.37. The monoisotopic (exact) mass is 194 g/mol. The van der Waals surface area contributed by atoms with E-state index in [9.17, 15) is 0 Å². The van der Waals surface area contributed by atoms with Gasteiger partial charge in [-0.05, 0) is 19.4 Å². The Morgan fingerprint density at radius 2 is 2.50 bits per heavy atom. The van der Waals surface area contributed by atoms with Gasteiger partial charge >= 0.3 is 0 Å². The van der Waals surface area contributed by atoms with E-state index >= 15 is 0 Å². The molecule has 5 heteroatoms. The average Bonchev–Trinajstić information content (AvgIpc) is 2.51. The Balaban J connectivity index is 2.10. The molecule has 1 unspecified atom stereocenters. The van der Waals surface area contributed by atoms with Crippen molar-refractivity contribution >= 4 is 11.8 Å². The van der Waals surface area contributed by atoms with Crippen molar-refractivity contribution in [2.45, 2.75) is 18.9 Å². The first-order valence-electron chi connectivity index (χ1n) is 4.62. The van der Waals surface area contributed by atoms with Crippen LogP contribution in [0.15, 0.2) is 12.3 Å². The summed E-state index contributed by atoms with van der Waals surface area (Å²) in [6.07, 6.45) is 2.61. The lowest BCUT2D eigenvalue weighted by Gasteiger charge is -2.23. The van der Waals surface area contributed by atoms with Gasteiger partial charge in [0.05, 0.1) is 12.1 Å². The first-order chi connectivity index (χ1) is 6.68. The molecule has 0 bridgehead atoms.